The molecule has 0 fully saturated rings. The standard InChI is InChI=1S/C25H25F3N2O5S/c1-16-11-17(2)13-18(12-16)30(36(32,33)19-9-10-22(34-3)23(14-19)35-4)15-24(31)29-21-8-6-5-7-20(21)25(26,27)28/h5-14H,15H2,1-4H3,(H,29,31). The number of methoxy groups -OCH3 is 2. The molecular weight excluding hydrogens is 497 g/mol. The first-order valence-corrected chi connectivity index (χ1v) is 12.1. The second kappa shape index (κ2) is 10.5. The van der Waals surface area contributed by atoms with Crippen LogP contribution in [0.4, 0.5) is 24.5 Å². The highest BCUT2D eigenvalue weighted by Gasteiger charge is 2.34. The van der Waals surface area contributed by atoms with Gasteiger partial charge in [-0.25, -0.2) is 8.42 Å². The first-order valence-electron chi connectivity index (χ1n) is 10.7. The number of hydrogen-bond acceptors (Lipinski definition) is 5. The minimum atomic E-state index is -4.71. The van der Waals surface area contributed by atoms with Crippen LogP contribution >= 0.6 is 0 Å². The molecule has 7 nitrogen and oxygen atoms in total. The van der Waals surface area contributed by atoms with Gasteiger partial charge < -0.3 is 14.8 Å². The van der Waals surface area contributed by atoms with E-state index in [-0.39, 0.29) is 16.3 Å². The van der Waals surface area contributed by atoms with E-state index >= 15 is 0 Å². The van der Waals surface area contributed by atoms with Crippen molar-refractivity contribution >= 4 is 27.3 Å². The summed E-state index contributed by atoms with van der Waals surface area (Å²) in [6, 6.07) is 13.4. The second-order valence-corrected chi connectivity index (χ2v) is 9.83. The summed E-state index contributed by atoms with van der Waals surface area (Å²) in [5.74, 6) is -0.492. The Balaban J connectivity index is 2.05. The maximum Gasteiger partial charge on any atom is 0.418 e. The molecule has 0 unspecified atom stereocenters. The van der Waals surface area contributed by atoms with E-state index < -0.39 is 39.9 Å². The fourth-order valence-corrected chi connectivity index (χ4v) is 5.09. The quantitative estimate of drug-likeness (QED) is 0.441. The molecule has 3 aromatic rings. The van der Waals surface area contributed by atoms with E-state index in [0.717, 1.165) is 27.6 Å². The van der Waals surface area contributed by atoms with E-state index in [1.807, 2.05) is 6.07 Å². The topological polar surface area (TPSA) is 84.9 Å². The lowest BCUT2D eigenvalue weighted by molar-refractivity contribution is -0.137. The Hall–Kier alpha value is -3.73. The molecule has 3 rings (SSSR count). The number of nitrogens with zero attached hydrogens (tertiary/aromatic N) is 1. The molecule has 0 radical (unpaired) electrons. The number of ether oxygens (including phenoxy) is 2. The lowest BCUT2D eigenvalue weighted by Crippen LogP contribution is -2.38. The molecule has 0 aromatic heterocycles. The van der Waals surface area contributed by atoms with E-state index in [0.29, 0.717) is 5.75 Å². The predicted molar refractivity (Wildman–Crippen MR) is 130 cm³/mol. The van der Waals surface area contributed by atoms with Crippen molar-refractivity contribution in [3.8, 4) is 11.5 Å². The van der Waals surface area contributed by atoms with E-state index in [4.69, 9.17) is 9.47 Å². The molecule has 0 saturated heterocycles. The van der Waals surface area contributed by atoms with Crippen LogP contribution < -0.4 is 19.1 Å². The molecule has 0 aliphatic rings. The van der Waals surface area contributed by atoms with Crippen molar-refractivity contribution in [2.75, 3.05) is 30.4 Å². The first kappa shape index (κ1) is 26.9. The Kier molecular flexibility index (Phi) is 7.83. The van der Waals surface area contributed by atoms with Crippen molar-refractivity contribution in [1.82, 2.24) is 0 Å². The van der Waals surface area contributed by atoms with Gasteiger partial charge in [-0.3, -0.25) is 9.10 Å². The summed E-state index contributed by atoms with van der Waals surface area (Å²) >= 11 is 0. The van der Waals surface area contributed by atoms with Gasteiger partial charge in [0.1, 0.15) is 6.54 Å². The number of amides is 1. The van der Waals surface area contributed by atoms with Gasteiger partial charge in [0, 0.05) is 6.07 Å². The Morgan fingerprint density at radius 2 is 1.53 bits per heavy atom. The van der Waals surface area contributed by atoms with Crippen LogP contribution in [0.3, 0.4) is 0 Å². The van der Waals surface area contributed by atoms with Crippen LogP contribution in [0.15, 0.2) is 65.6 Å². The minimum Gasteiger partial charge on any atom is -0.493 e. The van der Waals surface area contributed by atoms with Crippen LogP contribution in [0.25, 0.3) is 0 Å². The maximum atomic E-state index is 13.7. The monoisotopic (exact) mass is 522 g/mol. The van der Waals surface area contributed by atoms with E-state index in [1.165, 1.54) is 44.6 Å². The van der Waals surface area contributed by atoms with Gasteiger partial charge in [-0.2, -0.15) is 13.2 Å². The molecule has 0 atom stereocenters. The average molecular weight is 523 g/mol. The zero-order valence-electron chi connectivity index (χ0n) is 20.0. The van der Waals surface area contributed by atoms with E-state index in [1.54, 1.807) is 26.0 Å². The fourth-order valence-electron chi connectivity index (χ4n) is 3.67. The third-order valence-electron chi connectivity index (χ3n) is 5.23. The van der Waals surface area contributed by atoms with E-state index in [2.05, 4.69) is 5.32 Å². The molecule has 1 N–H and O–H groups in total. The molecule has 0 bridgehead atoms. The van der Waals surface area contributed by atoms with Crippen LogP contribution in [0.1, 0.15) is 16.7 Å². The van der Waals surface area contributed by atoms with Crippen molar-refractivity contribution in [1.29, 1.82) is 0 Å². The number of benzene rings is 3. The molecule has 36 heavy (non-hydrogen) atoms. The van der Waals surface area contributed by atoms with Crippen LogP contribution in [0.5, 0.6) is 11.5 Å². The number of para-hydroxylation sites is 1. The SMILES string of the molecule is COc1ccc(S(=O)(=O)N(CC(=O)Nc2ccccc2C(F)(F)F)c2cc(C)cc(C)c2)cc1OC. The van der Waals surface area contributed by atoms with Gasteiger partial charge in [0.15, 0.2) is 11.5 Å². The van der Waals surface area contributed by atoms with Gasteiger partial charge >= 0.3 is 6.18 Å². The predicted octanol–water partition coefficient (Wildman–Crippen LogP) is 5.17. The van der Waals surface area contributed by atoms with E-state index in [9.17, 15) is 26.4 Å². The van der Waals surface area contributed by atoms with Gasteiger partial charge in [0.05, 0.1) is 36.1 Å². The summed E-state index contributed by atoms with van der Waals surface area (Å²) in [5, 5.41) is 2.20. The van der Waals surface area contributed by atoms with Crippen LogP contribution in [0, 0.1) is 13.8 Å². The number of carbonyl (C=O) groups excluding carboxylic acids is 1. The molecule has 0 spiro atoms. The summed E-state index contributed by atoms with van der Waals surface area (Å²) in [7, 11) is -1.61. The van der Waals surface area contributed by atoms with Crippen molar-refractivity contribution in [3.63, 3.8) is 0 Å². The van der Waals surface area contributed by atoms with Crippen LogP contribution in [0.2, 0.25) is 0 Å². The molecule has 0 heterocycles. The second-order valence-electron chi connectivity index (χ2n) is 7.97. The van der Waals surface area contributed by atoms with Gasteiger partial charge in [0.2, 0.25) is 5.91 Å². The van der Waals surface area contributed by atoms with Gasteiger partial charge in [-0.15, -0.1) is 0 Å². The number of rotatable bonds is 8. The smallest absolute Gasteiger partial charge is 0.418 e. The number of alkyl halides is 3. The number of nitrogens with one attached hydrogen (secondary N) is 1. The number of sulfonamides is 1. The molecular formula is C25H25F3N2O5S. The summed E-state index contributed by atoms with van der Waals surface area (Å²) in [6.45, 7) is 2.75. The summed E-state index contributed by atoms with van der Waals surface area (Å²) in [6.07, 6.45) is -4.71. The molecule has 0 aliphatic carbocycles. The number of hydrogen-bond donors (Lipinski definition) is 1. The summed E-state index contributed by atoms with van der Waals surface area (Å²) < 4.78 is 78.8. The molecule has 3 aromatic carbocycles. The van der Waals surface area contributed by atoms with Gasteiger partial charge in [-0.1, -0.05) is 18.2 Å². The first-order chi connectivity index (χ1) is 16.9. The number of anilines is 2. The Bertz CT molecular complexity index is 1350. The Morgan fingerprint density at radius 1 is 0.917 bits per heavy atom. The van der Waals surface area contributed by atoms with Crippen molar-refractivity contribution in [2.24, 2.45) is 0 Å². The summed E-state index contributed by atoms with van der Waals surface area (Å²) in [4.78, 5) is 12.7. The maximum absolute atomic E-state index is 13.7. The normalized spacial score (nSPS) is 11.6. The van der Waals surface area contributed by atoms with Crippen molar-refractivity contribution in [3.05, 3.63) is 77.4 Å². The number of halogens is 3. The lowest BCUT2D eigenvalue weighted by Gasteiger charge is -2.25. The molecule has 11 heteroatoms. The lowest BCUT2D eigenvalue weighted by atomic mass is 10.1. The highest BCUT2D eigenvalue weighted by atomic mass is 32.2. The highest BCUT2D eigenvalue weighted by Crippen LogP contribution is 2.35. The minimum absolute atomic E-state index is 0.155. The highest BCUT2D eigenvalue weighted by molar-refractivity contribution is 7.92. The van der Waals surface area contributed by atoms with Gasteiger partial charge in [-0.05, 0) is 61.4 Å². The zero-order valence-corrected chi connectivity index (χ0v) is 20.8. The Morgan fingerprint density at radius 3 is 2.11 bits per heavy atom. The fraction of sp³-hybridized carbons (Fsp3) is 0.240. The third kappa shape index (κ3) is 5.91. The third-order valence-corrected chi connectivity index (χ3v) is 7.00. The van der Waals surface area contributed by atoms with Crippen LogP contribution in [-0.4, -0.2) is 35.1 Å². The molecule has 192 valence electrons. The molecule has 0 saturated carbocycles. The molecule has 1 amide bonds. The van der Waals surface area contributed by atoms with Crippen LogP contribution in [-0.2, 0) is 21.0 Å². The zero-order chi connectivity index (χ0) is 26.7. The molecule has 0 aliphatic heterocycles. The van der Waals surface area contributed by atoms with Gasteiger partial charge in [0.25, 0.3) is 10.0 Å². The number of carbonyl (C=O) groups is 1. The Labute approximate surface area is 207 Å². The van der Waals surface area contributed by atoms with Crippen molar-refractivity contribution < 1.29 is 35.9 Å². The number of aryl methyl sites for hydroxylation is 2. The van der Waals surface area contributed by atoms with Crippen molar-refractivity contribution in [2.45, 2.75) is 24.9 Å². The largest absolute Gasteiger partial charge is 0.493 e. The summed E-state index contributed by atoms with van der Waals surface area (Å²) in [5.41, 5.74) is 0.139. The average Bonchev–Trinajstić information content (AvgIpc) is 2.81.